The highest BCUT2D eigenvalue weighted by molar-refractivity contribution is 6.00. The highest BCUT2D eigenvalue weighted by Crippen LogP contribution is 2.18. The maximum Gasteiger partial charge on any atom is 0.338 e. The predicted octanol–water partition coefficient (Wildman–Crippen LogP) is 1.50. The highest BCUT2D eigenvalue weighted by atomic mass is 16.6. The summed E-state index contributed by atoms with van der Waals surface area (Å²) in [6.07, 6.45) is 0. The van der Waals surface area contributed by atoms with E-state index < -0.39 is 23.4 Å². The van der Waals surface area contributed by atoms with Gasteiger partial charge in [-0.05, 0) is 45.9 Å². The van der Waals surface area contributed by atoms with Crippen molar-refractivity contribution in [3.05, 3.63) is 29.8 Å². The van der Waals surface area contributed by atoms with Gasteiger partial charge < -0.3 is 20.1 Å². The Morgan fingerprint density at radius 2 is 1.88 bits per heavy atom. The van der Waals surface area contributed by atoms with Crippen molar-refractivity contribution in [2.45, 2.75) is 33.3 Å². The van der Waals surface area contributed by atoms with Crippen LogP contribution in [0.5, 0.6) is 0 Å². The maximum atomic E-state index is 12.1. The molecule has 1 aromatic carbocycles. The number of esters is 2. The molecule has 0 radical (unpaired) electrons. The number of carbonyl (C=O) groups is 3. The SMILES string of the molecule is CCOC(=O)c1cccc(N(CC(=O)OC(C)(C)C)C(=O)CN)c1. The van der Waals surface area contributed by atoms with E-state index in [0.717, 1.165) is 0 Å². The molecule has 0 aromatic heterocycles. The van der Waals surface area contributed by atoms with Gasteiger partial charge in [-0.25, -0.2) is 4.79 Å². The minimum Gasteiger partial charge on any atom is -0.462 e. The van der Waals surface area contributed by atoms with Crippen LogP contribution in [0.2, 0.25) is 0 Å². The number of rotatable bonds is 6. The van der Waals surface area contributed by atoms with E-state index in [1.807, 2.05) is 0 Å². The van der Waals surface area contributed by atoms with Crippen LogP contribution in [0.1, 0.15) is 38.1 Å². The third-order valence-electron chi connectivity index (χ3n) is 2.85. The molecule has 0 unspecified atom stereocenters. The molecule has 0 aliphatic carbocycles. The number of benzene rings is 1. The summed E-state index contributed by atoms with van der Waals surface area (Å²) in [7, 11) is 0. The van der Waals surface area contributed by atoms with Crippen LogP contribution in [0.3, 0.4) is 0 Å². The van der Waals surface area contributed by atoms with Gasteiger partial charge in [0.1, 0.15) is 12.1 Å². The molecule has 0 aliphatic rings. The predicted molar refractivity (Wildman–Crippen MR) is 89.7 cm³/mol. The fourth-order valence-corrected chi connectivity index (χ4v) is 1.95. The molecule has 0 spiro atoms. The Kier molecular flexibility index (Phi) is 6.91. The lowest BCUT2D eigenvalue weighted by molar-refractivity contribution is -0.153. The van der Waals surface area contributed by atoms with Gasteiger partial charge in [0.15, 0.2) is 0 Å². The first kappa shape index (κ1) is 19.6. The Bertz CT molecular complexity index is 607. The number of carbonyl (C=O) groups excluding carboxylic acids is 3. The zero-order valence-corrected chi connectivity index (χ0v) is 14.5. The Morgan fingerprint density at radius 1 is 1.21 bits per heavy atom. The Morgan fingerprint density at radius 3 is 2.42 bits per heavy atom. The second kappa shape index (κ2) is 8.44. The van der Waals surface area contributed by atoms with E-state index in [0.29, 0.717) is 5.69 Å². The average molecular weight is 336 g/mol. The first-order chi connectivity index (χ1) is 11.2. The molecule has 7 nitrogen and oxygen atoms in total. The van der Waals surface area contributed by atoms with Crippen molar-refractivity contribution < 1.29 is 23.9 Å². The molecule has 0 heterocycles. The Balaban J connectivity index is 3.05. The van der Waals surface area contributed by atoms with Gasteiger partial charge in [-0.15, -0.1) is 0 Å². The number of hydrogen-bond acceptors (Lipinski definition) is 6. The third-order valence-corrected chi connectivity index (χ3v) is 2.85. The van der Waals surface area contributed by atoms with E-state index in [1.54, 1.807) is 45.9 Å². The van der Waals surface area contributed by atoms with Crippen LogP contribution in [0.4, 0.5) is 5.69 Å². The van der Waals surface area contributed by atoms with E-state index in [-0.39, 0.29) is 25.3 Å². The Labute approximate surface area is 141 Å². The van der Waals surface area contributed by atoms with Gasteiger partial charge in [0, 0.05) is 5.69 Å². The summed E-state index contributed by atoms with van der Waals surface area (Å²) < 4.78 is 10.2. The molecule has 1 aromatic rings. The fourth-order valence-electron chi connectivity index (χ4n) is 1.95. The molecule has 7 heteroatoms. The smallest absolute Gasteiger partial charge is 0.338 e. The molecular weight excluding hydrogens is 312 g/mol. The lowest BCUT2D eigenvalue weighted by atomic mass is 10.1. The number of nitrogens with zero attached hydrogens (tertiary/aromatic N) is 1. The van der Waals surface area contributed by atoms with Gasteiger partial charge >= 0.3 is 11.9 Å². The minimum absolute atomic E-state index is 0.242. The zero-order chi connectivity index (χ0) is 18.3. The molecule has 0 saturated heterocycles. The van der Waals surface area contributed by atoms with E-state index in [4.69, 9.17) is 15.2 Å². The van der Waals surface area contributed by atoms with Crippen LogP contribution in [-0.4, -0.2) is 43.1 Å². The van der Waals surface area contributed by atoms with Crippen LogP contribution >= 0.6 is 0 Å². The molecular formula is C17H24N2O5. The number of ether oxygens (including phenoxy) is 2. The van der Waals surface area contributed by atoms with Gasteiger partial charge in [0.05, 0.1) is 18.7 Å². The molecule has 0 atom stereocenters. The molecule has 0 bridgehead atoms. The van der Waals surface area contributed by atoms with Crippen LogP contribution in [0, 0.1) is 0 Å². The molecule has 24 heavy (non-hydrogen) atoms. The molecule has 2 N–H and O–H groups in total. The normalized spacial score (nSPS) is 10.9. The van der Waals surface area contributed by atoms with Crippen molar-refractivity contribution in [2.24, 2.45) is 5.73 Å². The number of anilines is 1. The summed E-state index contributed by atoms with van der Waals surface area (Å²) in [5.74, 6) is -1.52. The second-order valence-corrected chi connectivity index (χ2v) is 6.04. The van der Waals surface area contributed by atoms with Crippen molar-refractivity contribution in [2.75, 3.05) is 24.6 Å². The quantitative estimate of drug-likeness (QED) is 0.790. The van der Waals surface area contributed by atoms with Crippen molar-refractivity contribution in [1.82, 2.24) is 0 Å². The summed E-state index contributed by atoms with van der Waals surface area (Å²) >= 11 is 0. The summed E-state index contributed by atoms with van der Waals surface area (Å²) in [5.41, 5.74) is 5.42. The lowest BCUT2D eigenvalue weighted by Crippen LogP contribution is -2.41. The first-order valence-corrected chi connectivity index (χ1v) is 7.67. The number of nitrogens with two attached hydrogens (primary N) is 1. The summed E-state index contributed by atoms with van der Waals surface area (Å²) in [4.78, 5) is 37.2. The molecule has 0 aliphatic heterocycles. The van der Waals surface area contributed by atoms with Gasteiger partial charge in [0.25, 0.3) is 0 Å². The van der Waals surface area contributed by atoms with Gasteiger partial charge in [-0.3, -0.25) is 9.59 Å². The van der Waals surface area contributed by atoms with Crippen LogP contribution in [0.15, 0.2) is 24.3 Å². The monoisotopic (exact) mass is 336 g/mol. The first-order valence-electron chi connectivity index (χ1n) is 7.67. The van der Waals surface area contributed by atoms with Crippen molar-refractivity contribution in [3.63, 3.8) is 0 Å². The number of hydrogen-bond donors (Lipinski definition) is 1. The summed E-state index contributed by atoms with van der Waals surface area (Å²) in [5, 5.41) is 0. The van der Waals surface area contributed by atoms with Crippen LogP contribution < -0.4 is 10.6 Å². The average Bonchev–Trinajstić information content (AvgIpc) is 2.50. The van der Waals surface area contributed by atoms with Gasteiger partial charge in [-0.1, -0.05) is 6.07 Å². The van der Waals surface area contributed by atoms with Crippen molar-refractivity contribution in [3.8, 4) is 0 Å². The molecule has 1 amide bonds. The van der Waals surface area contributed by atoms with Gasteiger partial charge in [0.2, 0.25) is 5.91 Å². The van der Waals surface area contributed by atoms with Crippen molar-refractivity contribution in [1.29, 1.82) is 0 Å². The Hall–Kier alpha value is -2.41. The highest BCUT2D eigenvalue weighted by Gasteiger charge is 2.23. The maximum absolute atomic E-state index is 12.1. The van der Waals surface area contributed by atoms with E-state index in [1.165, 1.54) is 11.0 Å². The van der Waals surface area contributed by atoms with Gasteiger partial charge in [-0.2, -0.15) is 0 Å². The zero-order valence-electron chi connectivity index (χ0n) is 14.5. The minimum atomic E-state index is -0.665. The van der Waals surface area contributed by atoms with E-state index in [2.05, 4.69) is 0 Å². The number of amides is 1. The largest absolute Gasteiger partial charge is 0.462 e. The van der Waals surface area contributed by atoms with E-state index >= 15 is 0 Å². The molecule has 0 fully saturated rings. The third kappa shape index (κ3) is 6.00. The summed E-state index contributed by atoms with van der Waals surface area (Å²) in [6.45, 7) is 6.59. The van der Waals surface area contributed by atoms with Crippen LogP contribution in [-0.2, 0) is 19.1 Å². The molecule has 1 rings (SSSR count). The molecule has 0 saturated carbocycles. The topological polar surface area (TPSA) is 98.9 Å². The van der Waals surface area contributed by atoms with Crippen LogP contribution in [0.25, 0.3) is 0 Å². The van der Waals surface area contributed by atoms with E-state index in [9.17, 15) is 14.4 Å². The standard InChI is InChI=1S/C17H24N2O5/c1-5-23-16(22)12-7-6-8-13(9-12)19(14(20)10-18)11-15(21)24-17(2,3)4/h6-9H,5,10-11,18H2,1-4H3. The fraction of sp³-hybridized carbons (Fsp3) is 0.471. The lowest BCUT2D eigenvalue weighted by Gasteiger charge is -2.25. The second-order valence-electron chi connectivity index (χ2n) is 6.04. The molecule has 132 valence electrons. The van der Waals surface area contributed by atoms with Crippen molar-refractivity contribution >= 4 is 23.5 Å². The summed E-state index contributed by atoms with van der Waals surface area (Å²) in [6, 6.07) is 6.27.